The molecule has 0 spiro atoms. The van der Waals surface area contributed by atoms with Crippen LogP contribution in [-0.4, -0.2) is 25.3 Å². The Balaban J connectivity index is 2.58. The monoisotopic (exact) mass is 340 g/mol. The molecule has 19 heavy (non-hydrogen) atoms. The van der Waals surface area contributed by atoms with Gasteiger partial charge in [0.2, 0.25) is 5.91 Å². The number of hydrogen-bond acceptors (Lipinski definition) is 3. The van der Waals surface area contributed by atoms with Gasteiger partial charge in [0.25, 0.3) is 0 Å². The fourth-order valence-corrected chi connectivity index (χ4v) is 1.96. The molecule has 0 aliphatic carbocycles. The zero-order chi connectivity index (χ0) is 14.6. The van der Waals surface area contributed by atoms with Crippen LogP contribution in [0.1, 0.15) is 5.56 Å². The Morgan fingerprint density at radius 3 is 2.63 bits per heavy atom. The second kappa shape index (κ2) is 6.25. The van der Waals surface area contributed by atoms with Crippen LogP contribution in [0, 0.1) is 6.92 Å². The standard InChI is InChI=1S/C11H12BrF3N2O2/c1-6-2-7(12)3-8(16)10(6)17-9(18)4-19-5-11(13,14)15/h2-3H,4-5,16H2,1H3,(H,17,18). The van der Waals surface area contributed by atoms with E-state index in [0.717, 1.165) is 4.47 Å². The van der Waals surface area contributed by atoms with Crippen molar-refractivity contribution in [2.75, 3.05) is 24.3 Å². The molecule has 3 N–H and O–H groups in total. The minimum Gasteiger partial charge on any atom is -0.397 e. The molecule has 106 valence electrons. The van der Waals surface area contributed by atoms with Gasteiger partial charge < -0.3 is 15.8 Å². The lowest BCUT2D eigenvalue weighted by Crippen LogP contribution is -2.24. The molecule has 0 unspecified atom stereocenters. The third kappa shape index (κ3) is 5.48. The molecule has 0 saturated carbocycles. The molecule has 1 aromatic carbocycles. The number of halogens is 4. The fourth-order valence-electron chi connectivity index (χ4n) is 1.37. The summed E-state index contributed by atoms with van der Waals surface area (Å²) in [6.45, 7) is -0.434. The van der Waals surface area contributed by atoms with Crippen molar-refractivity contribution in [1.29, 1.82) is 0 Å². The predicted octanol–water partition coefficient (Wildman–Crippen LogP) is 2.86. The molecule has 0 radical (unpaired) electrons. The number of hydrogen-bond donors (Lipinski definition) is 2. The largest absolute Gasteiger partial charge is 0.411 e. The van der Waals surface area contributed by atoms with Crippen LogP contribution < -0.4 is 11.1 Å². The molecule has 0 aliphatic heterocycles. The lowest BCUT2D eigenvalue weighted by atomic mass is 10.1. The maximum absolute atomic E-state index is 11.8. The van der Waals surface area contributed by atoms with E-state index in [-0.39, 0.29) is 0 Å². The lowest BCUT2D eigenvalue weighted by molar-refractivity contribution is -0.174. The normalized spacial score (nSPS) is 11.4. The van der Waals surface area contributed by atoms with Crippen LogP contribution in [0.15, 0.2) is 16.6 Å². The number of nitrogens with two attached hydrogens (primary N) is 1. The Bertz CT molecular complexity index is 454. The van der Waals surface area contributed by atoms with Crippen molar-refractivity contribution < 1.29 is 22.7 Å². The SMILES string of the molecule is Cc1cc(Br)cc(N)c1NC(=O)COCC(F)(F)F. The van der Waals surface area contributed by atoms with Crippen LogP contribution in [0.25, 0.3) is 0 Å². The number of aryl methyl sites for hydroxylation is 1. The first kappa shape index (κ1) is 15.8. The summed E-state index contributed by atoms with van der Waals surface area (Å²) < 4.78 is 40.5. The minimum absolute atomic E-state index is 0.316. The van der Waals surface area contributed by atoms with Crippen molar-refractivity contribution in [2.24, 2.45) is 0 Å². The number of carbonyl (C=O) groups excluding carboxylic acids is 1. The Labute approximate surface area is 116 Å². The third-order valence-corrected chi connectivity index (χ3v) is 2.55. The van der Waals surface area contributed by atoms with E-state index in [2.05, 4.69) is 26.0 Å². The highest BCUT2D eigenvalue weighted by Gasteiger charge is 2.27. The first-order valence-corrected chi connectivity index (χ1v) is 5.98. The first-order chi connectivity index (χ1) is 8.69. The summed E-state index contributed by atoms with van der Waals surface area (Å²) in [6, 6.07) is 3.31. The molecule has 0 atom stereocenters. The maximum Gasteiger partial charge on any atom is 0.411 e. The molecule has 0 aliphatic rings. The van der Waals surface area contributed by atoms with Crippen LogP contribution in [0.5, 0.6) is 0 Å². The number of amides is 1. The highest BCUT2D eigenvalue weighted by molar-refractivity contribution is 9.10. The zero-order valence-corrected chi connectivity index (χ0v) is 11.6. The van der Waals surface area contributed by atoms with Gasteiger partial charge in [0.05, 0.1) is 11.4 Å². The van der Waals surface area contributed by atoms with E-state index in [1.54, 1.807) is 19.1 Å². The number of carbonyl (C=O) groups is 1. The summed E-state index contributed by atoms with van der Waals surface area (Å²) in [5.74, 6) is -0.693. The van der Waals surface area contributed by atoms with Gasteiger partial charge in [-0.2, -0.15) is 13.2 Å². The van der Waals surface area contributed by atoms with Crippen molar-refractivity contribution in [2.45, 2.75) is 13.1 Å². The van der Waals surface area contributed by atoms with Gasteiger partial charge in [-0.1, -0.05) is 15.9 Å². The van der Waals surface area contributed by atoms with E-state index in [9.17, 15) is 18.0 Å². The molecule has 0 bridgehead atoms. The average Bonchev–Trinajstić information content (AvgIpc) is 2.21. The smallest absolute Gasteiger partial charge is 0.397 e. The topological polar surface area (TPSA) is 64.3 Å². The van der Waals surface area contributed by atoms with Crippen LogP contribution in [0.2, 0.25) is 0 Å². The molecule has 0 fully saturated rings. The van der Waals surface area contributed by atoms with Gasteiger partial charge in [0.1, 0.15) is 13.2 Å². The average molecular weight is 341 g/mol. The second-order valence-electron chi connectivity index (χ2n) is 3.84. The molecular weight excluding hydrogens is 329 g/mol. The highest BCUT2D eigenvalue weighted by atomic mass is 79.9. The predicted molar refractivity (Wildman–Crippen MR) is 68.8 cm³/mol. The summed E-state index contributed by atoms with van der Waals surface area (Å²) in [4.78, 5) is 11.4. The lowest BCUT2D eigenvalue weighted by Gasteiger charge is -2.12. The van der Waals surface area contributed by atoms with E-state index in [1.807, 2.05) is 0 Å². The maximum atomic E-state index is 11.8. The second-order valence-corrected chi connectivity index (χ2v) is 4.76. The van der Waals surface area contributed by atoms with Crippen molar-refractivity contribution in [3.8, 4) is 0 Å². The zero-order valence-electron chi connectivity index (χ0n) is 9.97. The van der Waals surface area contributed by atoms with E-state index < -0.39 is 25.3 Å². The van der Waals surface area contributed by atoms with Crippen LogP contribution >= 0.6 is 15.9 Å². The highest BCUT2D eigenvalue weighted by Crippen LogP contribution is 2.27. The summed E-state index contributed by atoms with van der Waals surface area (Å²) >= 11 is 3.23. The molecule has 4 nitrogen and oxygen atoms in total. The summed E-state index contributed by atoms with van der Waals surface area (Å²) in [5, 5.41) is 2.41. The van der Waals surface area contributed by atoms with Crippen LogP contribution in [-0.2, 0) is 9.53 Å². The number of ether oxygens (including phenoxy) is 1. The number of benzene rings is 1. The number of nitrogens with one attached hydrogen (secondary N) is 1. The van der Waals surface area contributed by atoms with Crippen molar-refractivity contribution in [3.05, 3.63) is 22.2 Å². The molecule has 0 heterocycles. The Morgan fingerprint density at radius 1 is 1.47 bits per heavy atom. The molecule has 1 rings (SSSR count). The Morgan fingerprint density at radius 2 is 2.11 bits per heavy atom. The summed E-state index contributed by atoms with van der Waals surface area (Å²) in [6.07, 6.45) is -4.45. The molecule has 1 amide bonds. The molecule has 0 saturated heterocycles. The fraction of sp³-hybridized carbons (Fsp3) is 0.364. The van der Waals surface area contributed by atoms with Gasteiger partial charge in [-0.05, 0) is 24.6 Å². The van der Waals surface area contributed by atoms with Gasteiger partial charge in [-0.3, -0.25) is 4.79 Å². The quantitative estimate of drug-likeness (QED) is 0.828. The first-order valence-electron chi connectivity index (χ1n) is 5.19. The number of rotatable bonds is 4. The van der Waals surface area contributed by atoms with Crippen molar-refractivity contribution in [3.63, 3.8) is 0 Å². The molecule has 8 heteroatoms. The number of anilines is 2. The number of nitrogen functional groups attached to an aromatic ring is 1. The van der Waals surface area contributed by atoms with Gasteiger partial charge in [-0.25, -0.2) is 0 Å². The van der Waals surface area contributed by atoms with Crippen molar-refractivity contribution in [1.82, 2.24) is 0 Å². The van der Waals surface area contributed by atoms with Crippen LogP contribution in [0.3, 0.4) is 0 Å². The summed E-state index contributed by atoms with van der Waals surface area (Å²) in [5.41, 5.74) is 7.07. The van der Waals surface area contributed by atoms with Gasteiger partial charge in [0, 0.05) is 4.47 Å². The van der Waals surface area contributed by atoms with Crippen molar-refractivity contribution >= 4 is 33.2 Å². The Kier molecular flexibility index (Phi) is 5.19. The van der Waals surface area contributed by atoms with E-state index >= 15 is 0 Å². The minimum atomic E-state index is -4.45. The Hall–Kier alpha value is -1.28. The van der Waals surface area contributed by atoms with Gasteiger partial charge in [0.15, 0.2) is 0 Å². The van der Waals surface area contributed by atoms with E-state index in [4.69, 9.17) is 5.73 Å². The molecular formula is C11H12BrF3N2O2. The third-order valence-electron chi connectivity index (χ3n) is 2.09. The van der Waals surface area contributed by atoms with E-state index in [1.165, 1.54) is 0 Å². The summed E-state index contributed by atoms with van der Waals surface area (Å²) in [7, 11) is 0. The van der Waals surface area contributed by atoms with Crippen LogP contribution in [0.4, 0.5) is 24.5 Å². The number of alkyl halides is 3. The van der Waals surface area contributed by atoms with Gasteiger partial charge >= 0.3 is 6.18 Å². The van der Waals surface area contributed by atoms with Gasteiger partial charge in [-0.15, -0.1) is 0 Å². The molecule has 0 aromatic heterocycles. The van der Waals surface area contributed by atoms with E-state index in [0.29, 0.717) is 16.9 Å². The molecule has 1 aromatic rings.